The van der Waals surface area contributed by atoms with Crippen LogP contribution in [0.4, 0.5) is 0 Å². The lowest BCUT2D eigenvalue weighted by molar-refractivity contribution is 0.287. The van der Waals surface area contributed by atoms with Crippen molar-refractivity contribution < 1.29 is 9.47 Å². The Bertz CT molecular complexity index is 359. The van der Waals surface area contributed by atoms with Crippen LogP contribution in [-0.4, -0.2) is 19.8 Å². The highest BCUT2D eigenvalue weighted by atomic mass is 16.5. The van der Waals surface area contributed by atoms with Gasteiger partial charge in [0.05, 0.1) is 13.2 Å². The highest BCUT2D eigenvalue weighted by molar-refractivity contribution is 5.44. The molecule has 2 rings (SSSR count). The molecule has 1 N–H and O–H groups in total. The molecule has 1 heterocycles. The first-order chi connectivity index (χ1) is 8.35. The van der Waals surface area contributed by atoms with Crippen molar-refractivity contribution in [1.29, 1.82) is 0 Å². The van der Waals surface area contributed by atoms with E-state index in [9.17, 15) is 0 Å². The number of benzene rings is 1. The minimum atomic E-state index is 0.477. The largest absolute Gasteiger partial charge is 0.490 e. The fraction of sp³-hybridized carbons (Fsp3) is 0.571. The van der Waals surface area contributed by atoms with Crippen LogP contribution >= 0.6 is 0 Å². The fourth-order valence-electron chi connectivity index (χ4n) is 2.25. The van der Waals surface area contributed by atoms with Crippen LogP contribution in [0.1, 0.15) is 38.3 Å². The van der Waals surface area contributed by atoms with Crippen LogP contribution in [0.3, 0.4) is 0 Å². The van der Waals surface area contributed by atoms with Gasteiger partial charge in [0.1, 0.15) is 0 Å². The molecular formula is C14H21NO2. The third-order valence-corrected chi connectivity index (χ3v) is 3.03. The van der Waals surface area contributed by atoms with Crippen molar-refractivity contribution in [2.45, 2.75) is 32.7 Å². The number of ether oxygens (including phenoxy) is 2. The first-order valence-corrected chi connectivity index (χ1v) is 6.48. The van der Waals surface area contributed by atoms with E-state index >= 15 is 0 Å². The topological polar surface area (TPSA) is 30.5 Å². The maximum Gasteiger partial charge on any atom is 0.161 e. The second kappa shape index (κ2) is 5.92. The molecule has 17 heavy (non-hydrogen) atoms. The van der Waals surface area contributed by atoms with Crippen LogP contribution < -0.4 is 14.8 Å². The van der Waals surface area contributed by atoms with Crippen LogP contribution in [-0.2, 0) is 0 Å². The van der Waals surface area contributed by atoms with E-state index in [4.69, 9.17) is 9.47 Å². The lowest BCUT2D eigenvalue weighted by atomic mass is 10.0. The lowest BCUT2D eigenvalue weighted by Gasteiger charge is -2.15. The number of hydrogen-bond donors (Lipinski definition) is 1. The van der Waals surface area contributed by atoms with E-state index in [1.54, 1.807) is 0 Å². The molecule has 1 fully saturated rings. The standard InChI is InChI=1S/C14H21NO2/c1-3-16-13-8-7-11(10-14(13)17-4-2)12-6-5-9-15-12/h7-8,10,12,15H,3-6,9H2,1-2H3. The fourth-order valence-corrected chi connectivity index (χ4v) is 2.25. The Labute approximate surface area is 103 Å². The Morgan fingerprint density at radius 2 is 1.94 bits per heavy atom. The summed E-state index contributed by atoms with van der Waals surface area (Å²) in [5, 5.41) is 3.50. The monoisotopic (exact) mass is 235 g/mol. The maximum atomic E-state index is 5.64. The predicted molar refractivity (Wildman–Crippen MR) is 68.8 cm³/mol. The van der Waals surface area contributed by atoms with E-state index in [-0.39, 0.29) is 0 Å². The molecule has 0 aliphatic carbocycles. The van der Waals surface area contributed by atoms with E-state index in [2.05, 4.69) is 17.4 Å². The van der Waals surface area contributed by atoms with Crippen LogP contribution in [0, 0.1) is 0 Å². The van der Waals surface area contributed by atoms with Crippen molar-refractivity contribution in [3.8, 4) is 11.5 Å². The third-order valence-electron chi connectivity index (χ3n) is 3.03. The summed E-state index contributed by atoms with van der Waals surface area (Å²) in [5.41, 5.74) is 1.30. The molecule has 1 unspecified atom stereocenters. The zero-order chi connectivity index (χ0) is 12.1. The van der Waals surface area contributed by atoms with E-state index in [1.807, 2.05) is 19.9 Å². The van der Waals surface area contributed by atoms with Gasteiger partial charge in [0.15, 0.2) is 11.5 Å². The van der Waals surface area contributed by atoms with Crippen molar-refractivity contribution in [3.05, 3.63) is 23.8 Å². The van der Waals surface area contributed by atoms with Crippen molar-refractivity contribution in [1.82, 2.24) is 5.32 Å². The van der Waals surface area contributed by atoms with Gasteiger partial charge in [-0.25, -0.2) is 0 Å². The first kappa shape index (κ1) is 12.2. The summed E-state index contributed by atoms with van der Waals surface area (Å²) in [6, 6.07) is 6.74. The Morgan fingerprint density at radius 3 is 2.59 bits per heavy atom. The van der Waals surface area contributed by atoms with Crippen molar-refractivity contribution in [3.63, 3.8) is 0 Å². The molecule has 3 heteroatoms. The summed E-state index contributed by atoms with van der Waals surface area (Å²) in [6.07, 6.45) is 2.46. The third kappa shape index (κ3) is 2.91. The Balaban J connectivity index is 2.20. The molecule has 1 aromatic rings. The Kier molecular flexibility index (Phi) is 4.26. The van der Waals surface area contributed by atoms with Crippen molar-refractivity contribution in [2.75, 3.05) is 19.8 Å². The van der Waals surface area contributed by atoms with Gasteiger partial charge in [-0.2, -0.15) is 0 Å². The molecule has 0 radical (unpaired) electrons. The van der Waals surface area contributed by atoms with E-state index in [0.29, 0.717) is 19.3 Å². The molecular weight excluding hydrogens is 214 g/mol. The average Bonchev–Trinajstić information content (AvgIpc) is 2.85. The zero-order valence-corrected chi connectivity index (χ0v) is 10.7. The highest BCUT2D eigenvalue weighted by Gasteiger charge is 2.17. The van der Waals surface area contributed by atoms with Crippen molar-refractivity contribution >= 4 is 0 Å². The van der Waals surface area contributed by atoms with Crippen LogP contribution in [0.2, 0.25) is 0 Å². The minimum absolute atomic E-state index is 0.477. The van der Waals surface area contributed by atoms with Gasteiger partial charge in [0.25, 0.3) is 0 Å². The summed E-state index contributed by atoms with van der Waals surface area (Å²) < 4.78 is 11.2. The van der Waals surface area contributed by atoms with Gasteiger partial charge in [-0.3, -0.25) is 0 Å². The molecule has 1 aliphatic rings. The maximum absolute atomic E-state index is 5.64. The molecule has 0 bridgehead atoms. The SMILES string of the molecule is CCOc1ccc(C2CCCN2)cc1OCC. The Hall–Kier alpha value is -1.22. The quantitative estimate of drug-likeness (QED) is 0.851. The van der Waals surface area contributed by atoms with E-state index < -0.39 is 0 Å². The molecule has 0 saturated carbocycles. The minimum Gasteiger partial charge on any atom is -0.490 e. The van der Waals surface area contributed by atoms with Gasteiger partial charge in [0.2, 0.25) is 0 Å². The molecule has 1 aliphatic heterocycles. The predicted octanol–water partition coefficient (Wildman–Crippen LogP) is 2.91. The summed E-state index contributed by atoms with van der Waals surface area (Å²) in [6.45, 7) is 6.43. The smallest absolute Gasteiger partial charge is 0.161 e. The van der Waals surface area contributed by atoms with Crippen LogP contribution in [0.5, 0.6) is 11.5 Å². The molecule has 0 aromatic heterocycles. The Morgan fingerprint density at radius 1 is 1.18 bits per heavy atom. The normalized spacial score (nSPS) is 19.3. The summed E-state index contributed by atoms with van der Waals surface area (Å²) in [4.78, 5) is 0. The summed E-state index contributed by atoms with van der Waals surface area (Å²) in [5.74, 6) is 1.71. The first-order valence-electron chi connectivity index (χ1n) is 6.48. The molecule has 1 saturated heterocycles. The van der Waals surface area contributed by atoms with Gasteiger partial charge in [0, 0.05) is 6.04 Å². The molecule has 0 spiro atoms. The lowest BCUT2D eigenvalue weighted by Crippen LogP contribution is -2.13. The van der Waals surface area contributed by atoms with Crippen molar-refractivity contribution in [2.24, 2.45) is 0 Å². The number of nitrogens with one attached hydrogen (secondary N) is 1. The summed E-state index contributed by atoms with van der Waals surface area (Å²) >= 11 is 0. The van der Waals surface area contributed by atoms with Gasteiger partial charge in [-0.15, -0.1) is 0 Å². The van der Waals surface area contributed by atoms with Gasteiger partial charge in [-0.05, 0) is 50.9 Å². The molecule has 1 atom stereocenters. The van der Waals surface area contributed by atoms with Gasteiger partial charge >= 0.3 is 0 Å². The van der Waals surface area contributed by atoms with E-state index in [0.717, 1.165) is 18.0 Å². The second-order valence-electron chi connectivity index (χ2n) is 4.22. The molecule has 94 valence electrons. The van der Waals surface area contributed by atoms with Gasteiger partial charge in [-0.1, -0.05) is 6.07 Å². The zero-order valence-electron chi connectivity index (χ0n) is 10.7. The summed E-state index contributed by atoms with van der Waals surface area (Å²) in [7, 11) is 0. The second-order valence-corrected chi connectivity index (χ2v) is 4.22. The van der Waals surface area contributed by atoms with Crippen LogP contribution in [0.15, 0.2) is 18.2 Å². The van der Waals surface area contributed by atoms with E-state index in [1.165, 1.54) is 18.4 Å². The molecule has 3 nitrogen and oxygen atoms in total. The number of rotatable bonds is 5. The average molecular weight is 235 g/mol. The van der Waals surface area contributed by atoms with Crippen LogP contribution in [0.25, 0.3) is 0 Å². The molecule has 1 aromatic carbocycles. The van der Waals surface area contributed by atoms with Gasteiger partial charge < -0.3 is 14.8 Å². The highest BCUT2D eigenvalue weighted by Crippen LogP contribution is 2.33. The number of hydrogen-bond acceptors (Lipinski definition) is 3. The molecule has 0 amide bonds.